The predicted molar refractivity (Wildman–Crippen MR) is 329 cm³/mol. The lowest BCUT2D eigenvalue weighted by Gasteiger charge is -2.26. The van der Waals surface area contributed by atoms with Crippen LogP contribution in [0.2, 0.25) is 0 Å². The Morgan fingerprint density at radius 2 is 0.913 bits per heavy atom. The number of rotatable bonds is 19. The number of esters is 1. The quantitative estimate of drug-likeness (QED) is 0.0511. The minimum Gasteiger partial charge on any atom is -0.544 e. The number of nitrogens with one attached hydrogen (secondary N) is 1. The van der Waals surface area contributed by atoms with Gasteiger partial charge in [0.25, 0.3) is 0 Å². The van der Waals surface area contributed by atoms with E-state index < -0.39 is 53.5 Å². The molecule has 4 rings (SSSR count). The molecule has 0 bridgehead atoms. The standard InChI is InChI=1S/C28H35I4NO7.C19H19I4NO5/c1-8-16(34)14-37-23-20(31)12-17(13-21(23)32)38-24-18(29)9-15(10-19(24)30)11-22(25(35)39-27(2,3)4)33-26(36)40-28(5,6)7;1-2-10(25)8-28-17-14(22)6-11(7-15(17)23)29-18-12(20)3-9(4-13(18)21)5-16(24)19(26)27/h9-10,12-13,16,22,34H,8,11,14H2,1-7H3,(H,33,36);3-4,6-7,10,16,25H,2,5,8,24H2,1H3,(H,26,27). The molecule has 0 saturated carbocycles. The monoisotopic (exact) mass is 1850 g/mol. The van der Waals surface area contributed by atoms with Crippen LogP contribution in [0.3, 0.4) is 0 Å². The smallest absolute Gasteiger partial charge is 0.408 e. The predicted octanol–water partition coefficient (Wildman–Crippen LogP) is 10.8. The molecule has 0 aromatic heterocycles. The number of amides is 1. The maximum atomic E-state index is 13.0. The number of hydrogen-bond acceptors (Lipinski definition) is 12. The van der Waals surface area contributed by atoms with Crippen LogP contribution in [0.25, 0.3) is 0 Å². The number of alkyl carbamates (subject to hydrolysis) is 1. The zero-order valence-corrected chi connectivity index (χ0v) is 56.1. The molecule has 0 saturated heterocycles. The Kier molecular flexibility index (Phi) is 26.9. The summed E-state index contributed by atoms with van der Waals surface area (Å²) >= 11 is 17.5. The molecule has 0 fully saturated rings. The van der Waals surface area contributed by atoms with E-state index in [1.165, 1.54) is 0 Å². The van der Waals surface area contributed by atoms with E-state index in [2.05, 4.69) is 192 Å². The molecular formula is C47H54I8N2O12. The minimum absolute atomic E-state index is 0.214. The third-order valence-corrected chi connectivity index (χ3v) is 15.3. The highest BCUT2D eigenvalue weighted by molar-refractivity contribution is 14.1. The molecule has 69 heavy (non-hydrogen) atoms. The highest BCUT2D eigenvalue weighted by Crippen LogP contribution is 2.39. The second-order valence-corrected chi connectivity index (χ2v) is 26.6. The molecule has 380 valence electrons. The third-order valence-electron chi connectivity index (χ3n) is 8.92. The first-order valence-electron chi connectivity index (χ1n) is 21.2. The number of aliphatic carboxylic acids is 1. The molecule has 0 aliphatic carbocycles. The lowest BCUT2D eigenvalue weighted by atomic mass is 10.1. The SMILES string of the molecule is CCC(O)COc1c(I)cc(Oc2c(I)cc(CC(NC(=O)OC(C)(C)C)C(=O)OC(C)(C)C)cc2I)cc1I.CCC(O)COc1c(I)cc(Oc2c(I)cc(CC([NH3+])C(=O)[O-])cc2I)cc1I. The van der Waals surface area contributed by atoms with Crippen molar-refractivity contribution in [2.45, 2.75) is 117 Å². The van der Waals surface area contributed by atoms with Gasteiger partial charge in [-0.15, -0.1) is 0 Å². The molecule has 0 aliphatic heterocycles. The van der Waals surface area contributed by atoms with Crippen LogP contribution in [-0.4, -0.2) is 77.0 Å². The molecule has 6 N–H and O–H groups in total. The van der Waals surface area contributed by atoms with Gasteiger partial charge in [-0.1, -0.05) is 13.8 Å². The van der Waals surface area contributed by atoms with Crippen molar-refractivity contribution in [3.63, 3.8) is 0 Å². The third kappa shape index (κ3) is 22.0. The van der Waals surface area contributed by atoms with E-state index in [0.29, 0.717) is 48.0 Å². The molecule has 14 nitrogen and oxygen atoms in total. The topological polar surface area (TPSA) is 210 Å². The summed E-state index contributed by atoms with van der Waals surface area (Å²) in [6, 6.07) is 13.5. The van der Waals surface area contributed by atoms with Gasteiger partial charge in [-0.3, -0.25) is 0 Å². The second-order valence-electron chi connectivity index (χ2n) is 17.3. The number of carboxylic acids is 1. The van der Waals surface area contributed by atoms with Gasteiger partial charge in [0, 0.05) is 12.8 Å². The zero-order chi connectivity index (χ0) is 52.1. The number of aliphatic hydroxyl groups is 2. The molecule has 22 heteroatoms. The maximum Gasteiger partial charge on any atom is 0.408 e. The summed E-state index contributed by atoms with van der Waals surface area (Å²) in [5.74, 6) is 2.47. The van der Waals surface area contributed by atoms with Gasteiger partial charge in [-0.05, 0) is 295 Å². The maximum absolute atomic E-state index is 13.0. The summed E-state index contributed by atoms with van der Waals surface area (Å²) in [4.78, 5) is 36.4. The molecule has 4 aromatic carbocycles. The molecule has 0 spiro atoms. The highest BCUT2D eigenvalue weighted by atomic mass is 127. The van der Waals surface area contributed by atoms with Crippen LogP contribution in [0.5, 0.6) is 34.5 Å². The Labute approximate surface area is 513 Å². The van der Waals surface area contributed by atoms with Crippen molar-refractivity contribution in [1.82, 2.24) is 5.32 Å². The molecular weight excluding hydrogens is 1800 g/mol. The fraction of sp³-hybridized carbons (Fsp3) is 0.426. The van der Waals surface area contributed by atoms with Crippen LogP contribution < -0.4 is 35.1 Å². The summed E-state index contributed by atoms with van der Waals surface area (Å²) < 4.78 is 41.9. The van der Waals surface area contributed by atoms with Gasteiger partial charge in [-0.25, -0.2) is 9.59 Å². The number of aliphatic hydroxyl groups excluding tert-OH is 2. The van der Waals surface area contributed by atoms with E-state index in [-0.39, 0.29) is 19.6 Å². The van der Waals surface area contributed by atoms with E-state index in [4.69, 9.17) is 28.4 Å². The minimum atomic E-state index is -1.16. The summed E-state index contributed by atoms with van der Waals surface area (Å²) in [7, 11) is 0. The number of carbonyl (C=O) groups excluding carboxylic acids is 3. The van der Waals surface area contributed by atoms with Gasteiger partial charge in [0.1, 0.15) is 59.5 Å². The van der Waals surface area contributed by atoms with Crippen molar-refractivity contribution in [3.05, 3.63) is 88.2 Å². The van der Waals surface area contributed by atoms with Crippen LogP contribution in [0.4, 0.5) is 4.79 Å². The average Bonchev–Trinajstić information content (AvgIpc) is 3.21. The molecule has 0 heterocycles. The zero-order valence-electron chi connectivity index (χ0n) is 38.9. The van der Waals surface area contributed by atoms with Crippen molar-refractivity contribution in [2.24, 2.45) is 0 Å². The Morgan fingerprint density at radius 1 is 0.580 bits per heavy atom. The number of halogens is 8. The van der Waals surface area contributed by atoms with Crippen molar-refractivity contribution in [2.75, 3.05) is 13.2 Å². The number of carboxylic acid groups (broad SMARTS) is 1. The number of ether oxygens (including phenoxy) is 6. The lowest BCUT2D eigenvalue weighted by molar-refractivity contribution is -0.437. The van der Waals surface area contributed by atoms with Gasteiger partial charge < -0.3 is 59.6 Å². The normalized spacial score (nSPS) is 13.2. The van der Waals surface area contributed by atoms with Gasteiger partial charge in [0.2, 0.25) is 0 Å². The Hall–Kier alpha value is 0.0100. The van der Waals surface area contributed by atoms with E-state index in [1.807, 2.05) is 62.4 Å². The van der Waals surface area contributed by atoms with Crippen LogP contribution in [0.15, 0.2) is 48.5 Å². The van der Waals surface area contributed by atoms with Crippen LogP contribution in [-0.2, 0) is 31.9 Å². The van der Waals surface area contributed by atoms with Crippen LogP contribution in [0, 0.1) is 28.6 Å². The Bertz CT molecular complexity index is 2340. The van der Waals surface area contributed by atoms with Crippen LogP contribution in [0.1, 0.15) is 79.4 Å². The lowest BCUT2D eigenvalue weighted by Crippen LogP contribution is -2.69. The summed E-state index contributed by atoms with van der Waals surface area (Å²) in [5.41, 5.74) is 3.90. The first kappa shape index (κ1) is 63.3. The molecule has 0 radical (unpaired) electrons. The van der Waals surface area contributed by atoms with Crippen molar-refractivity contribution >= 4 is 199 Å². The number of hydrogen-bond donors (Lipinski definition) is 4. The second kappa shape index (κ2) is 29.3. The average molecular weight is 1850 g/mol. The van der Waals surface area contributed by atoms with E-state index in [1.54, 1.807) is 41.5 Å². The molecule has 4 atom stereocenters. The summed E-state index contributed by atoms with van der Waals surface area (Å²) in [5, 5.41) is 33.2. The first-order valence-corrected chi connectivity index (χ1v) is 29.8. The van der Waals surface area contributed by atoms with Gasteiger partial charge in [0.05, 0.1) is 46.7 Å². The first-order chi connectivity index (χ1) is 32.0. The number of carbonyl (C=O) groups is 3. The Morgan fingerprint density at radius 3 is 1.23 bits per heavy atom. The van der Waals surface area contributed by atoms with E-state index in [0.717, 1.165) is 45.4 Å². The number of quaternary nitrogens is 1. The van der Waals surface area contributed by atoms with Crippen molar-refractivity contribution in [3.8, 4) is 34.5 Å². The summed E-state index contributed by atoms with van der Waals surface area (Å²) in [6.07, 6.45) is 0.0861. The summed E-state index contributed by atoms with van der Waals surface area (Å²) in [6.45, 7) is 14.9. The van der Waals surface area contributed by atoms with Crippen molar-refractivity contribution < 1.29 is 63.9 Å². The Balaban J connectivity index is 0.000000384. The molecule has 4 unspecified atom stereocenters. The van der Waals surface area contributed by atoms with Crippen molar-refractivity contribution in [1.29, 1.82) is 0 Å². The fourth-order valence-corrected chi connectivity index (χ4v) is 13.9. The van der Waals surface area contributed by atoms with Gasteiger partial charge in [-0.2, -0.15) is 0 Å². The van der Waals surface area contributed by atoms with Gasteiger partial charge in [0.15, 0.2) is 11.5 Å². The highest BCUT2D eigenvalue weighted by Gasteiger charge is 2.30. The van der Waals surface area contributed by atoms with E-state index >= 15 is 0 Å². The molecule has 1 amide bonds. The number of benzene rings is 4. The molecule has 4 aromatic rings. The fourth-order valence-electron chi connectivity index (χ4n) is 5.57. The molecule has 0 aliphatic rings. The van der Waals surface area contributed by atoms with Crippen LogP contribution >= 0.6 is 181 Å². The largest absolute Gasteiger partial charge is 0.544 e. The van der Waals surface area contributed by atoms with Gasteiger partial charge >= 0.3 is 12.1 Å². The van der Waals surface area contributed by atoms with E-state index in [9.17, 15) is 29.7 Å².